The van der Waals surface area contributed by atoms with E-state index < -0.39 is 62.4 Å². The lowest BCUT2D eigenvalue weighted by molar-refractivity contribution is -0.138. The zero-order chi connectivity index (χ0) is 23.0. The van der Waals surface area contributed by atoms with Crippen LogP contribution in [0.3, 0.4) is 0 Å². The Labute approximate surface area is 179 Å². The molecule has 2 nitrogen and oxygen atoms in total. The molecule has 0 fully saturated rings. The van der Waals surface area contributed by atoms with Gasteiger partial charge >= 0.3 is 12.1 Å². The van der Waals surface area contributed by atoms with Gasteiger partial charge < -0.3 is 5.11 Å². The first-order valence-electron chi connectivity index (χ1n) is 7.64. The summed E-state index contributed by atoms with van der Waals surface area (Å²) in [6, 6.07) is 2.91. The molecule has 2 aromatic carbocycles. The third kappa shape index (κ3) is 4.53. The van der Waals surface area contributed by atoms with E-state index in [0.29, 0.717) is 18.2 Å². The van der Waals surface area contributed by atoms with Crippen molar-refractivity contribution >= 4 is 46.8 Å². The van der Waals surface area contributed by atoms with Crippen LogP contribution in [0.25, 0.3) is 6.08 Å². The Morgan fingerprint density at radius 3 is 2.07 bits per heavy atom. The average Bonchev–Trinajstić information content (AvgIpc) is 2.64. The van der Waals surface area contributed by atoms with Gasteiger partial charge in [-0.25, -0.2) is 22.4 Å². The molecule has 0 aliphatic rings. The lowest BCUT2D eigenvalue weighted by Gasteiger charge is -2.25. The van der Waals surface area contributed by atoms with Crippen LogP contribution in [0.2, 0.25) is 15.1 Å². The Kier molecular flexibility index (Phi) is 7.00. The molecule has 12 heteroatoms. The molecule has 0 amide bonds. The van der Waals surface area contributed by atoms with Crippen molar-refractivity contribution in [2.45, 2.75) is 18.3 Å². The highest BCUT2D eigenvalue weighted by molar-refractivity contribution is 6.48. The summed E-state index contributed by atoms with van der Waals surface area (Å²) in [5.41, 5.74) is -8.82. The Hall–Kier alpha value is -1.97. The van der Waals surface area contributed by atoms with Gasteiger partial charge in [0, 0.05) is 5.56 Å². The molecule has 0 bridgehead atoms. The molecule has 0 saturated heterocycles. The van der Waals surface area contributed by atoms with Crippen molar-refractivity contribution in [1.29, 1.82) is 0 Å². The summed E-state index contributed by atoms with van der Waals surface area (Å²) in [6.45, 7) is 0. The van der Waals surface area contributed by atoms with Gasteiger partial charge in [-0.05, 0) is 29.8 Å². The van der Waals surface area contributed by atoms with Gasteiger partial charge in [0.1, 0.15) is 5.83 Å². The molecule has 0 radical (unpaired) electrons. The molecule has 0 heterocycles. The number of allylic oxidation sites excluding steroid dienone is 1. The summed E-state index contributed by atoms with van der Waals surface area (Å²) in [5.74, 6) is -4.11. The van der Waals surface area contributed by atoms with Crippen LogP contribution in [-0.2, 0) is 11.8 Å². The zero-order valence-corrected chi connectivity index (χ0v) is 16.4. The number of benzene rings is 2. The van der Waals surface area contributed by atoms with Gasteiger partial charge in [0.25, 0.3) is 6.43 Å². The quantitative estimate of drug-likeness (QED) is 0.339. The van der Waals surface area contributed by atoms with Crippen LogP contribution in [-0.4, -0.2) is 17.5 Å². The predicted octanol–water partition coefficient (Wildman–Crippen LogP) is 7.80. The van der Waals surface area contributed by atoms with Crippen LogP contribution in [0, 0.1) is 0 Å². The summed E-state index contributed by atoms with van der Waals surface area (Å²) in [5, 5.41) is 7.27. The van der Waals surface area contributed by atoms with Crippen LogP contribution in [0.5, 0.6) is 0 Å². The fourth-order valence-corrected chi connectivity index (χ4v) is 3.15. The summed E-state index contributed by atoms with van der Waals surface area (Å²) in [7, 11) is 0. The van der Waals surface area contributed by atoms with E-state index in [1.54, 1.807) is 0 Å². The predicted molar refractivity (Wildman–Crippen MR) is 97.8 cm³/mol. The molecule has 0 spiro atoms. The Morgan fingerprint density at radius 2 is 1.57 bits per heavy atom. The van der Waals surface area contributed by atoms with Gasteiger partial charge in [0.2, 0.25) is 5.67 Å². The van der Waals surface area contributed by atoms with Gasteiger partial charge in [-0.1, -0.05) is 46.9 Å². The van der Waals surface area contributed by atoms with Gasteiger partial charge in [-0.15, -0.1) is 0 Å². The monoisotopic (exact) mass is 494 g/mol. The summed E-state index contributed by atoms with van der Waals surface area (Å²) in [4.78, 5) is 10.9. The molecule has 1 unspecified atom stereocenters. The van der Waals surface area contributed by atoms with E-state index in [2.05, 4.69) is 0 Å². The highest BCUT2D eigenvalue weighted by Gasteiger charge is 2.49. The standard InChI is InChI=1S/C18H8Cl3F7O2/c19-11-4-3-9(13(20)14(11)21)17(25,16(23)24)12(22)6-7-1-2-8(15(29)30)10(5-7)18(26,27)28/h1-6,16H,(H,29,30). The van der Waals surface area contributed by atoms with E-state index in [-0.39, 0.29) is 17.2 Å². The van der Waals surface area contributed by atoms with Crippen LogP contribution in [0.4, 0.5) is 30.7 Å². The number of carboxylic acids is 1. The first kappa shape index (κ1) is 24.3. The zero-order valence-electron chi connectivity index (χ0n) is 14.2. The van der Waals surface area contributed by atoms with Gasteiger partial charge in [0.15, 0.2) is 0 Å². The first-order valence-corrected chi connectivity index (χ1v) is 8.77. The molecule has 162 valence electrons. The molecule has 0 aliphatic carbocycles. The maximum atomic E-state index is 15.1. The van der Waals surface area contributed by atoms with Gasteiger partial charge in [-0.3, -0.25) is 0 Å². The number of carbonyl (C=O) groups is 1. The summed E-state index contributed by atoms with van der Waals surface area (Å²) < 4.78 is 96.1. The van der Waals surface area contributed by atoms with E-state index in [1.807, 2.05) is 0 Å². The molecular weight excluding hydrogens is 488 g/mol. The fourth-order valence-electron chi connectivity index (χ4n) is 2.48. The van der Waals surface area contributed by atoms with Crippen molar-refractivity contribution in [1.82, 2.24) is 0 Å². The van der Waals surface area contributed by atoms with E-state index in [1.165, 1.54) is 0 Å². The number of rotatable bonds is 5. The Morgan fingerprint density at radius 1 is 0.967 bits per heavy atom. The SMILES string of the molecule is O=C(O)c1ccc(C=C(F)C(F)(c2ccc(Cl)c(Cl)c2Cl)C(F)F)cc1C(F)(F)F. The van der Waals surface area contributed by atoms with Crippen molar-refractivity contribution in [3.63, 3.8) is 0 Å². The lowest BCUT2D eigenvalue weighted by Crippen LogP contribution is -2.30. The minimum atomic E-state index is -5.16. The van der Waals surface area contributed by atoms with Crippen LogP contribution in [0.15, 0.2) is 36.2 Å². The second-order valence-electron chi connectivity index (χ2n) is 5.84. The summed E-state index contributed by atoms with van der Waals surface area (Å²) >= 11 is 17.0. The lowest BCUT2D eigenvalue weighted by atomic mass is 9.92. The first-order chi connectivity index (χ1) is 13.7. The second-order valence-corrected chi connectivity index (χ2v) is 7.00. The number of aromatic carboxylic acids is 1. The van der Waals surface area contributed by atoms with Crippen molar-refractivity contribution < 1.29 is 40.6 Å². The van der Waals surface area contributed by atoms with Gasteiger partial charge in [0.05, 0.1) is 26.2 Å². The van der Waals surface area contributed by atoms with Crippen LogP contribution >= 0.6 is 34.8 Å². The smallest absolute Gasteiger partial charge is 0.417 e. The molecular formula is C18H8Cl3F7O2. The van der Waals surface area contributed by atoms with Crippen molar-refractivity contribution in [2.75, 3.05) is 0 Å². The van der Waals surface area contributed by atoms with E-state index in [9.17, 15) is 31.1 Å². The summed E-state index contributed by atoms with van der Waals surface area (Å²) in [6.07, 6.45) is -9.12. The van der Waals surface area contributed by atoms with Crippen molar-refractivity contribution in [3.05, 3.63) is 73.5 Å². The molecule has 2 rings (SSSR count). The highest BCUT2D eigenvalue weighted by Crippen LogP contribution is 2.47. The molecule has 2 aromatic rings. The maximum Gasteiger partial charge on any atom is 0.417 e. The number of halogens is 10. The fraction of sp³-hybridized carbons (Fsp3) is 0.167. The number of hydrogen-bond acceptors (Lipinski definition) is 1. The van der Waals surface area contributed by atoms with E-state index in [0.717, 1.165) is 6.07 Å². The molecule has 0 aliphatic heterocycles. The van der Waals surface area contributed by atoms with Crippen molar-refractivity contribution in [3.8, 4) is 0 Å². The third-order valence-corrected chi connectivity index (χ3v) is 5.24. The van der Waals surface area contributed by atoms with E-state index in [4.69, 9.17) is 39.9 Å². The normalized spacial score (nSPS) is 14.7. The molecule has 0 saturated carbocycles. The van der Waals surface area contributed by atoms with Crippen LogP contribution < -0.4 is 0 Å². The highest BCUT2D eigenvalue weighted by atomic mass is 35.5. The average molecular weight is 496 g/mol. The van der Waals surface area contributed by atoms with Crippen molar-refractivity contribution in [2.24, 2.45) is 0 Å². The second kappa shape index (κ2) is 8.64. The minimum Gasteiger partial charge on any atom is -0.478 e. The van der Waals surface area contributed by atoms with E-state index >= 15 is 4.39 Å². The molecule has 30 heavy (non-hydrogen) atoms. The Bertz CT molecular complexity index is 1020. The number of hydrogen-bond donors (Lipinski definition) is 1. The minimum absolute atomic E-state index is 0.0753. The topological polar surface area (TPSA) is 37.3 Å². The van der Waals surface area contributed by atoms with Crippen LogP contribution in [0.1, 0.15) is 27.0 Å². The van der Waals surface area contributed by atoms with Gasteiger partial charge in [-0.2, -0.15) is 13.2 Å². The number of carboxylic acid groups (broad SMARTS) is 1. The largest absolute Gasteiger partial charge is 0.478 e. The molecule has 1 atom stereocenters. The maximum absolute atomic E-state index is 15.1. The third-order valence-electron chi connectivity index (χ3n) is 3.95. The Balaban J connectivity index is 2.68. The number of alkyl halides is 6. The molecule has 1 N–H and O–H groups in total. The molecule has 0 aromatic heterocycles.